The Labute approximate surface area is 105 Å². The van der Waals surface area contributed by atoms with Gasteiger partial charge in [0.25, 0.3) is 0 Å². The van der Waals surface area contributed by atoms with Gasteiger partial charge in [0.15, 0.2) is 0 Å². The molecule has 0 amide bonds. The molecule has 0 aromatic heterocycles. The van der Waals surface area contributed by atoms with E-state index in [1.165, 1.54) is 0 Å². The molecule has 0 aliphatic carbocycles. The molecule has 0 radical (unpaired) electrons. The Bertz CT molecular complexity index is 255. The molecule has 0 N–H and O–H groups in total. The van der Waals surface area contributed by atoms with Crippen LogP contribution < -0.4 is 17.5 Å². The van der Waals surface area contributed by atoms with Gasteiger partial charge in [-0.15, -0.1) is 5.75 Å². The summed E-state index contributed by atoms with van der Waals surface area (Å²) in [6.45, 7) is 6.30. The molecule has 70 valence electrons. The van der Waals surface area contributed by atoms with E-state index < -0.39 is 0 Å². The number of hydrogen-bond donors (Lipinski definition) is 0. The number of halogens is 1. The standard InChI is InChI=1S/C10H14O.ClH.Zr/c1-10(2,3)8-5-4-6-9(11)7-8;;/h4-7,11H,1-3H3;1H;/q;;+2/p-2. The van der Waals surface area contributed by atoms with Crippen molar-refractivity contribution in [2.75, 3.05) is 0 Å². The molecule has 0 saturated carbocycles. The van der Waals surface area contributed by atoms with Crippen molar-refractivity contribution in [3.8, 4) is 5.75 Å². The van der Waals surface area contributed by atoms with Gasteiger partial charge in [0.1, 0.15) is 0 Å². The van der Waals surface area contributed by atoms with Gasteiger partial charge in [-0.05, 0) is 11.0 Å². The van der Waals surface area contributed by atoms with Crippen LogP contribution in [0.25, 0.3) is 0 Å². The summed E-state index contributed by atoms with van der Waals surface area (Å²) in [6, 6.07) is 7.07. The molecule has 1 rings (SSSR count). The Balaban J connectivity index is 0. The zero-order valence-electron chi connectivity index (χ0n) is 8.10. The first-order chi connectivity index (χ1) is 5.00. The fraction of sp³-hybridized carbons (Fsp3) is 0.400. The van der Waals surface area contributed by atoms with Crippen molar-refractivity contribution in [1.82, 2.24) is 0 Å². The minimum Gasteiger partial charge on any atom is -1.00 e. The topological polar surface area (TPSA) is 23.1 Å². The first-order valence-electron chi connectivity index (χ1n) is 3.78. The quantitative estimate of drug-likeness (QED) is 0.599. The average Bonchev–Trinajstić information content (AvgIpc) is 1.86. The third kappa shape index (κ3) is 4.83. The van der Waals surface area contributed by atoms with Gasteiger partial charge in [0.2, 0.25) is 0 Å². The molecule has 0 aliphatic rings. The molecule has 0 unspecified atom stereocenters. The third-order valence-electron chi connectivity index (χ3n) is 1.70. The van der Waals surface area contributed by atoms with Crippen molar-refractivity contribution in [1.29, 1.82) is 0 Å². The van der Waals surface area contributed by atoms with Crippen LogP contribution in [-0.4, -0.2) is 0 Å². The number of rotatable bonds is 0. The number of benzene rings is 1. The average molecular weight is 276 g/mol. The molecule has 3 heteroatoms. The van der Waals surface area contributed by atoms with Crippen molar-refractivity contribution in [2.24, 2.45) is 0 Å². The molecule has 1 nitrogen and oxygen atoms in total. The fourth-order valence-electron chi connectivity index (χ4n) is 0.963. The summed E-state index contributed by atoms with van der Waals surface area (Å²) in [7, 11) is 0. The summed E-state index contributed by atoms with van der Waals surface area (Å²) in [5, 5.41) is 10.9. The van der Waals surface area contributed by atoms with Crippen LogP contribution in [0, 0.1) is 0 Å². The molecule has 13 heavy (non-hydrogen) atoms. The van der Waals surface area contributed by atoms with Gasteiger partial charge in [-0.1, -0.05) is 45.0 Å². The summed E-state index contributed by atoms with van der Waals surface area (Å²) in [4.78, 5) is 0. The zero-order chi connectivity index (χ0) is 8.48. The van der Waals surface area contributed by atoms with Crippen LogP contribution in [0.15, 0.2) is 24.3 Å². The maximum absolute atomic E-state index is 10.9. The van der Waals surface area contributed by atoms with Gasteiger partial charge in [0, 0.05) is 0 Å². The fourth-order valence-corrected chi connectivity index (χ4v) is 0.963. The van der Waals surface area contributed by atoms with Crippen molar-refractivity contribution in [2.45, 2.75) is 26.2 Å². The van der Waals surface area contributed by atoms with Crippen LogP contribution in [0.1, 0.15) is 26.3 Å². The summed E-state index contributed by atoms with van der Waals surface area (Å²) >= 11 is 0. The van der Waals surface area contributed by atoms with Gasteiger partial charge in [-0.3, -0.25) is 0 Å². The molecule has 0 bridgehead atoms. The summed E-state index contributed by atoms with van der Waals surface area (Å²) in [5.41, 5.74) is 1.19. The van der Waals surface area contributed by atoms with Gasteiger partial charge >= 0.3 is 26.2 Å². The molecule has 1 aromatic rings. The van der Waals surface area contributed by atoms with Crippen LogP contribution in [-0.2, 0) is 31.6 Å². The third-order valence-corrected chi connectivity index (χ3v) is 1.70. The number of hydrogen-bond acceptors (Lipinski definition) is 1. The molecular weight excluding hydrogens is 263 g/mol. The molecule has 0 spiro atoms. The van der Waals surface area contributed by atoms with E-state index in [4.69, 9.17) is 0 Å². The van der Waals surface area contributed by atoms with Gasteiger partial charge in [-0.25, -0.2) is 0 Å². The second-order valence-corrected chi connectivity index (χ2v) is 3.78. The summed E-state index contributed by atoms with van der Waals surface area (Å²) in [6.07, 6.45) is 0. The molecule has 0 atom stereocenters. The molecule has 0 saturated heterocycles. The molecule has 0 heterocycles. The second kappa shape index (κ2) is 5.83. The van der Waals surface area contributed by atoms with E-state index in [-0.39, 0.29) is 49.8 Å². The normalized spacial score (nSPS) is 9.77. The second-order valence-electron chi connectivity index (χ2n) is 3.78. The maximum atomic E-state index is 10.9. The van der Waals surface area contributed by atoms with E-state index in [0.717, 1.165) is 5.56 Å². The Hall–Kier alpha value is 0.193. The zero-order valence-corrected chi connectivity index (χ0v) is 11.3. The van der Waals surface area contributed by atoms with Crippen molar-refractivity contribution in [3.63, 3.8) is 0 Å². The van der Waals surface area contributed by atoms with Crippen LogP contribution in [0.5, 0.6) is 5.75 Å². The Morgan fingerprint density at radius 2 is 1.69 bits per heavy atom. The largest absolute Gasteiger partial charge is 2.00 e. The SMILES string of the molecule is CC(C)(C)c1cccc([O-])c1.[Cl-].[Zr+2]. The minimum absolute atomic E-state index is 0. The predicted molar refractivity (Wildman–Crippen MR) is 44.6 cm³/mol. The van der Waals surface area contributed by atoms with Crippen molar-refractivity contribution < 1.29 is 43.7 Å². The van der Waals surface area contributed by atoms with Crippen molar-refractivity contribution in [3.05, 3.63) is 29.8 Å². The predicted octanol–water partition coefficient (Wildman–Crippen LogP) is -0.941. The smallest absolute Gasteiger partial charge is 1.00 e. The summed E-state index contributed by atoms with van der Waals surface area (Å²) < 4.78 is 0. The van der Waals surface area contributed by atoms with E-state index in [9.17, 15) is 5.11 Å². The van der Waals surface area contributed by atoms with E-state index in [0.29, 0.717) is 0 Å². The van der Waals surface area contributed by atoms with Gasteiger partial charge < -0.3 is 17.5 Å². The monoisotopic (exact) mass is 274 g/mol. The van der Waals surface area contributed by atoms with Gasteiger partial charge in [0.05, 0.1) is 0 Å². The Kier molecular flexibility index (Phi) is 7.02. The molecular formula is C10H13ClOZr. The first kappa shape index (κ1) is 15.7. The Morgan fingerprint density at radius 3 is 2.00 bits per heavy atom. The maximum Gasteiger partial charge on any atom is 2.00 e. The van der Waals surface area contributed by atoms with Crippen LogP contribution in [0.2, 0.25) is 0 Å². The van der Waals surface area contributed by atoms with Crippen molar-refractivity contribution >= 4 is 0 Å². The molecule has 0 fully saturated rings. The van der Waals surface area contributed by atoms with E-state index in [1.54, 1.807) is 12.1 Å². The first-order valence-corrected chi connectivity index (χ1v) is 3.78. The van der Waals surface area contributed by atoms with E-state index in [1.807, 2.05) is 12.1 Å². The van der Waals surface area contributed by atoms with Gasteiger partial charge in [-0.2, -0.15) is 0 Å². The van der Waals surface area contributed by atoms with Crippen LogP contribution in [0.3, 0.4) is 0 Å². The summed E-state index contributed by atoms with van der Waals surface area (Å²) in [5.74, 6) is 0.0948. The Morgan fingerprint density at radius 1 is 1.15 bits per heavy atom. The minimum atomic E-state index is 0. The molecule has 0 aliphatic heterocycles. The van der Waals surface area contributed by atoms with E-state index in [2.05, 4.69) is 20.8 Å². The van der Waals surface area contributed by atoms with Crippen LogP contribution in [0.4, 0.5) is 0 Å². The van der Waals surface area contributed by atoms with E-state index >= 15 is 0 Å². The van der Waals surface area contributed by atoms with Crippen LogP contribution >= 0.6 is 0 Å². The molecule has 1 aromatic carbocycles.